The molecular formula is C23H22ClN5O. The van der Waals surface area contributed by atoms with E-state index in [0.717, 1.165) is 22.3 Å². The number of anilines is 2. The van der Waals surface area contributed by atoms with Crippen LogP contribution < -0.4 is 10.6 Å². The van der Waals surface area contributed by atoms with Crippen LogP contribution in [-0.2, 0) is 5.41 Å². The lowest BCUT2D eigenvalue weighted by Gasteiger charge is -2.14. The molecule has 0 aliphatic heterocycles. The first-order chi connectivity index (χ1) is 14.3. The molecular weight excluding hydrogens is 398 g/mol. The maximum absolute atomic E-state index is 12.6. The van der Waals surface area contributed by atoms with Gasteiger partial charge in [-0.05, 0) is 48.5 Å². The molecule has 2 aromatic carbocycles. The number of benzene rings is 2. The van der Waals surface area contributed by atoms with Crippen molar-refractivity contribution in [2.45, 2.75) is 26.2 Å². The Morgan fingerprint density at radius 3 is 2.50 bits per heavy atom. The van der Waals surface area contributed by atoms with Crippen LogP contribution in [0.2, 0.25) is 5.02 Å². The van der Waals surface area contributed by atoms with Crippen LogP contribution in [0.4, 0.5) is 16.3 Å². The lowest BCUT2D eigenvalue weighted by molar-refractivity contribution is 0.262. The number of nitrogens with zero attached hydrogens (tertiary/aromatic N) is 3. The van der Waals surface area contributed by atoms with Gasteiger partial charge in [-0.15, -0.1) is 0 Å². The third-order valence-corrected chi connectivity index (χ3v) is 4.90. The molecule has 2 heterocycles. The maximum atomic E-state index is 12.6. The van der Waals surface area contributed by atoms with Gasteiger partial charge in [-0.1, -0.05) is 38.4 Å². The standard InChI is InChI=1S/C23H22ClN5O/c1-23(2,3)20-14-21(27-22(30)26-17-8-6-16(24)7-9-17)29(28-20)18-10-11-19-15(13-18)5-4-12-25-19/h4-14H,1-3H3,(H2,26,27,30). The van der Waals surface area contributed by atoms with E-state index in [-0.39, 0.29) is 11.4 Å². The second-order valence-electron chi connectivity index (χ2n) is 8.04. The highest BCUT2D eigenvalue weighted by Gasteiger charge is 2.21. The fraction of sp³-hybridized carbons (Fsp3) is 0.174. The molecule has 0 spiro atoms. The van der Waals surface area contributed by atoms with Crippen LogP contribution in [0.3, 0.4) is 0 Å². The lowest BCUT2D eigenvalue weighted by atomic mass is 9.92. The number of pyridine rings is 1. The Kier molecular flexibility index (Phi) is 5.18. The van der Waals surface area contributed by atoms with Crippen molar-refractivity contribution in [1.29, 1.82) is 0 Å². The molecule has 2 N–H and O–H groups in total. The minimum atomic E-state index is -0.360. The second kappa shape index (κ2) is 7.80. The minimum absolute atomic E-state index is 0.174. The van der Waals surface area contributed by atoms with Gasteiger partial charge < -0.3 is 5.32 Å². The van der Waals surface area contributed by atoms with Crippen molar-refractivity contribution in [2.24, 2.45) is 0 Å². The van der Waals surface area contributed by atoms with E-state index in [1.807, 2.05) is 36.4 Å². The Labute approximate surface area is 179 Å². The van der Waals surface area contributed by atoms with E-state index in [9.17, 15) is 4.79 Å². The Hall–Kier alpha value is -3.38. The molecule has 0 saturated carbocycles. The monoisotopic (exact) mass is 419 g/mol. The number of fused-ring (bicyclic) bond motifs is 1. The molecule has 0 unspecified atom stereocenters. The molecule has 2 aromatic heterocycles. The molecule has 2 amide bonds. The van der Waals surface area contributed by atoms with Crippen LogP contribution in [0.1, 0.15) is 26.5 Å². The van der Waals surface area contributed by atoms with E-state index < -0.39 is 0 Å². The summed E-state index contributed by atoms with van der Waals surface area (Å²) < 4.78 is 1.74. The van der Waals surface area contributed by atoms with Crippen molar-refractivity contribution in [2.75, 3.05) is 10.6 Å². The molecule has 6 nitrogen and oxygen atoms in total. The number of hydrogen-bond donors (Lipinski definition) is 2. The van der Waals surface area contributed by atoms with E-state index in [4.69, 9.17) is 16.7 Å². The number of rotatable bonds is 3. The van der Waals surface area contributed by atoms with Crippen molar-refractivity contribution in [3.63, 3.8) is 0 Å². The summed E-state index contributed by atoms with van der Waals surface area (Å²) in [5.41, 5.74) is 3.09. The van der Waals surface area contributed by atoms with E-state index in [2.05, 4.69) is 36.4 Å². The first-order valence-electron chi connectivity index (χ1n) is 9.59. The van der Waals surface area contributed by atoms with Gasteiger partial charge in [0.15, 0.2) is 0 Å². The first-order valence-corrected chi connectivity index (χ1v) is 9.97. The Morgan fingerprint density at radius 2 is 1.77 bits per heavy atom. The Bertz CT molecular complexity index is 1210. The van der Waals surface area contributed by atoms with Gasteiger partial charge in [0.25, 0.3) is 0 Å². The molecule has 30 heavy (non-hydrogen) atoms. The van der Waals surface area contributed by atoms with Crippen molar-refractivity contribution in [1.82, 2.24) is 14.8 Å². The molecule has 0 saturated heterocycles. The summed E-state index contributed by atoms with van der Waals surface area (Å²) >= 11 is 5.91. The van der Waals surface area contributed by atoms with Gasteiger partial charge in [-0.2, -0.15) is 5.10 Å². The zero-order valence-corrected chi connectivity index (χ0v) is 17.7. The van der Waals surface area contributed by atoms with Crippen LogP contribution in [0, 0.1) is 0 Å². The molecule has 0 aliphatic rings. The number of urea groups is 1. The Morgan fingerprint density at radius 1 is 1.00 bits per heavy atom. The number of halogens is 1. The van der Waals surface area contributed by atoms with E-state index in [0.29, 0.717) is 16.5 Å². The van der Waals surface area contributed by atoms with E-state index in [1.165, 1.54) is 0 Å². The van der Waals surface area contributed by atoms with Gasteiger partial charge in [0.1, 0.15) is 5.82 Å². The first kappa shape index (κ1) is 19.9. The highest BCUT2D eigenvalue weighted by molar-refractivity contribution is 6.30. The molecule has 0 fully saturated rings. The average molecular weight is 420 g/mol. The number of carbonyl (C=O) groups is 1. The van der Waals surface area contributed by atoms with Crippen LogP contribution in [0.25, 0.3) is 16.6 Å². The largest absolute Gasteiger partial charge is 0.324 e. The summed E-state index contributed by atoms with van der Waals surface area (Å²) in [6, 6.07) is 18.3. The predicted octanol–water partition coefficient (Wildman–Crippen LogP) is 6.02. The zero-order chi connectivity index (χ0) is 21.3. The van der Waals surface area contributed by atoms with Gasteiger partial charge in [0.2, 0.25) is 0 Å². The van der Waals surface area contributed by atoms with Crippen molar-refractivity contribution < 1.29 is 4.79 Å². The fourth-order valence-corrected chi connectivity index (χ4v) is 3.17. The van der Waals surface area contributed by atoms with Crippen LogP contribution in [0.5, 0.6) is 0 Å². The minimum Gasteiger partial charge on any atom is -0.308 e. The van der Waals surface area contributed by atoms with Gasteiger partial charge >= 0.3 is 6.03 Å². The average Bonchev–Trinajstić information content (AvgIpc) is 3.13. The Balaban J connectivity index is 1.68. The fourth-order valence-electron chi connectivity index (χ4n) is 3.04. The molecule has 7 heteroatoms. The van der Waals surface area contributed by atoms with Crippen molar-refractivity contribution in [3.8, 4) is 5.69 Å². The van der Waals surface area contributed by atoms with Crippen LogP contribution >= 0.6 is 11.6 Å². The number of aromatic nitrogens is 3. The number of amides is 2. The number of carbonyl (C=O) groups excluding carboxylic acids is 1. The highest BCUT2D eigenvalue weighted by atomic mass is 35.5. The van der Waals surface area contributed by atoms with Gasteiger partial charge in [-0.3, -0.25) is 10.3 Å². The van der Waals surface area contributed by atoms with Gasteiger partial charge in [-0.25, -0.2) is 9.48 Å². The van der Waals surface area contributed by atoms with Crippen molar-refractivity contribution >= 4 is 40.0 Å². The van der Waals surface area contributed by atoms with Gasteiger partial charge in [0, 0.05) is 33.8 Å². The number of hydrogen-bond acceptors (Lipinski definition) is 3. The third kappa shape index (κ3) is 4.28. The molecule has 0 radical (unpaired) electrons. The zero-order valence-electron chi connectivity index (χ0n) is 17.0. The summed E-state index contributed by atoms with van der Waals surface area (Å²) in [6.07, 6.45) is 1.77. The van der Waals surface area contributed by atoms with E-state index in [1.54, 1.807) is 35.1 Å². The van der Waals surface area contributed by atoms with E-state index >= 15 is 0 Å². The summed E-state index contributed by atoms with van der Waals surface area (Å²) in [7, 11) is 0. The normalized spacial score (nSPS) is 11.5. The summed E-state index contributed by atoms with van der Waals surface area (Å²) in [4.78, 5) is 17.0. The number of nitrogens with one attached hydrogen (secondary N) is 2. The van der Waals surface area contributed by atoms with Crippen LogP contribution in [0.15, 0.2) is 66.9 Å². The molecule has 4 aromatic rings. The third-order valence-electron chi connectivity index (χ3n) is 4.65. The predicted molar refractivity (Wildman–Crippen MR) is 122 cm³/mol. The lowest BCUT2D eigenvalue weighted by Crippen LogP contribution is -2.21. The molecule has 152 valence electrons. The molecule has 4 rings (SSSR count). The van der Waals surface area contributed by atoms with Crippen LogP contribution in [-0.4, -0.2) is 20.8 Å². The summed E-state index contributed by atoms with van der Waals surface area (Å²) in [6.45, 7) is 6.25. The quantitative estimate of drug-likeness (QED) is 0.426. The SMILES string of the molecule is CC(C)(C)c1cc(NC(=O)Nc2ccc(Cl)cc2)n(-c2ccc3ncccc3c2)n1. The summed E-state index contributed by atoms with van der Waals surface area (Å²) in [5.74, 6) is 0.578. The summed E-state index contributed by atoms with van der Waals surface area (Å²) in [5, 5.41) is 12.1. The maximum Gasteiger partial charge on any atom is 0.324 e. The highest BCUT2D eigenvalue weighted by Crippen LogP contribution is 2.27. The topological polar surface area (TPSA) is 71.8 Å². The molecule has 0 atom stereocenters. The second-order valence-corrected chi connectivity index (χ2v) is 8.48. The van der Waals surface area contributed by atoms with Crippen molar-refractivity contribution in [3.05, 3.63) is 77.6 Å². The smallest absolute Gasteiger partial charge is 0.308 e. The van der Waals surface area contributed by atoms with Gasteiger partial charge in [0.05, 0.1) is 16.9 Å². The molecule has 0 aliphatic carbocycles. The molecule has 0 bridgehead atoms.